The van der Waals surface area contributed by atoms with E-state index >= 15 is 0 Å². The van der Waals surface area contributed by atoms with Crippen molar-refractivity contribution in [2.24, 2.45) is 0 Å². The number of rotatable bonds is 3. The lowest BCUT2D eigenvalue weighted by molar-refractivity contribution is 0.356. The lowest BCUT2D eigenvalue weighted by Gasteiger charge is -2.20. The number of H-pyrrole nitrogens is 1. The average Bonchev–Trinajstić information content (AvgIpc) is 2.95. The van der Waals surface area contributed by atoms with Crippen molar-refractivity contribution in [3.63, 3.8) is 0 Å². The minimum atomic E-state index is -0.104. The predicted molar refractivity (Wildman–Crippen MR) is 80.5 cm³/mol. The standard InChI is InChI=1S/C16H19N3O2/c1-16(2,3)15-12(9-18-19-15)11-6-10(8-17)7-13(20-4)14(11)21-5/h6-7,9H,1-5H3,(H,18,19). The molecule has 1 aromatic carbocycles. The first kappa shape index (κ1) is 14.9. The summed E-state index contributed by atoms with van der Waals surface area (Å²) in [5.74, 6) is 1.14. The maximum atomic E-state index is 9.20. The molecular formula is C16H19N3O2. The first-order chi connectivity index (χ1) is 9.92. The Morgan fingerprint density at radius 1 is 1.14 bits per heavy atom. The molecular weight excluding hydrogens is 266 g/mol. The van der Waals surface area contributed by atoms with Crippen molar-refractivity contribution in [2.45, 2.75) is 26.2 Å². The minimum absolute atomic E-state index is 0.104. The highest BCUT2D eigenvalue weighted by atomic mass is 16.5. The Bertz CT molecular complexity index is 691. The van der Waals surface area contributed by atoms with Gasteiger partial charge in [0.15, 0.2) is 11.5 Å². The van der Waals surface area contributed by atoms with Gasteiger partial charge in [-0.1, -0.05) is 20.8 Å². The molecule has 0 unspecified atom stereocenters. The Morgan fingerprint density at radius 3 is 2.38 bits per heavy atom. The van der Waals surface area contributed by atoms with E-state index in [0.29, 0.717) is 17.1 Å². The second-order valence-corrected chi connectivity index (χ2v) is 5.78. The summed E-state index contributed by atoms with van der Waals surface area (Å²) in [4.78, 5) is 0. The van der Waals surface area contributed by atoms with E-state index in [-0.39, 0.29) is 5.41 Å². The number of benzene rings is 1. The summed E-state index contributed by atoms with van der Waals surface area (Å²) >= 11 is 0. The zero-order chi connectivity index (χ0) is 15.6. The molecule has 0 atom stereocenters. The van der Waals surface area contributed by atoms with Gasteiger partial charge in [0.25, 0.3) is 0 Å². The molecule has 0 amide bonds. The lowest BCUT2D eigenvalue weighted by atomic mass is 9.87. The molecule has 0 spiro atoms. The Kier molecular flexibility index (Phi) is 3.90. The molecule has 1 N–H and O–H groups in total. The van der Waals surface area contributed by atoms with Crippen LogP contribution < -0.4 is 9.47 Å². The van der Waals surface area contributed by atoms with Crippen LogP contribution in [-0.2, 0) is 5.41 Å². The van der Waals surface area contributed by atoms with Gasteiger partial charge >= 0.3 is 0 Å². The molecule has 2 aromatic rings. The molecule has 0 bridgehead atoms. The van der Waals surface area contributed by atoms with Crippen LogP contribution in [-0.4, -0.2) is 24.4 Å². The van der Waals surface area contributed by atoms with Crippen molar-refractivity contribution < 1.29 is 9.47 Å². The summed E-state index contributed by atoms with van der Waals surface area (Å²) < 4.78 is 10.8. The van der Waals surface area contributed by atoms with Crippen LogP contribution in [0.25, 0.3) is 11.1 Å². The van der Waals surface area contributed by atoms with Gasteiger partial charge in [0.1, 0.15) is 0 Å². The van der Waals surface area contributed by atoms with Gasteiger partial charge in [0.05, 0.1) is 32.0 Å². The number of hydrogen-bond donors (Lipinski definition) is 1. The van der Waals surface area contributed by atoms with Crippen LogP contribution in [0.2, 0.25) is 0 Å². The summed E-state index contributed by atoms with van der Waals surface area (Å²) in [5, 5.41) is 16.4. The van der Waals surface area contributed by atoms with Gasteiger partial charge in [-0.3, -0.25) is 5.10 Å². The van der Waals surface area contributed by atoms with Crippen molar-refractivity contribution >= 4 is 0 Å². The van der Waals surface area contributed by atoms with E-state index in [2.05, 4.69) is 37.0 Å². The highest BCUT2D eigenvalue weighted by Gasteiger charge is 2.24. The Balaban J connectivity index is 2.75. The van der Waals surface area contributed by atoms with Gasteiger partial charge in [-0.25, -0.2) is 0 Å². The van der Waals surface area contributed by atoms with Crippen LogP contribution in [0.4, 0.5) is 0 Å². The molecule has 5 heteroatoms. The summed E-state index contributed by atoms with van der Waals surface area (Å²) in [6, 6.07) is 5.61. The molecule has 5 nitrogen and oxygen atoms in total. The first-order valence-corrected chi connectivity index (χ1v) is 6.62. The van der Waals surface area contributed by atoms with Crippen LogP contribution in [0.5, 0.6) is 11.5 Å². The van der Waals surface area contributed by atoms with Gasteiger partial charge in [0.2, 0.25) is 0 Å². The molecule has 0 aliphatic carbocycles. The summed E-state index contributed by atoms with van der Waals surface area (Å²) in [5.41, 5.74) is 3.11. The fraction of sp³-hybridized carbons (Fsp3) is 0.375. The molecule has 2 rings (SSSR count). The lowest BCUT2D eigenvalue weighted by Crippen LogP contribution is -2.13. The number of methoxy groups -OCH3 is 2. The highest BCUT2D eigenvalue weighted by molar-refractivity contribution is 5.77. The number of hydrogen-bond acceptors (Lipinski definition) is 4. The molecule has 0 fully saturated rings. The molecule has 110 valence electrons. The van der Waals surface area contributed by atoms with Crippen molar-refractivity contribution in [2.75, 3.05) is 14.2 Å². The van der Waals surface area contributed by atoms with E-state index < -0.39 is 0 Å². The zero-order valence-corrected chi connectivity index (χ0v) is 12.9. The van der Waals surface area contributed by atoms with Gasteiger partial charge in [-0.05, 0) is 6.07 Å². The third-order valence-electron chi connectivity index (χ3n) is 3.29. The van der Waals surface area contributed by atoms with E-state index in [9.17, 15) is 5.26 Å². The molecule has 0 aliphatic heterocycles. The van der Waals surface area contributed by atoms with E-state index in [4.69, 9.17) is 9.47 Å². The number of ether oxygens (including phenoxy) is 2. The third kappa shape index (κ3) is 2.70. The van der Waals surface area contributed by atoms with Crippen LogP contribution in [0.1, 0.15) is 32.0 Å². The summed E-state index contributed by atoms with van der Waals surface area (Å²) in [6.45, 7) is 6.30. The fourth-order valence-electron chi connectivity index (χ4n) is 2.29. The molecule has 0 aliphatic rings. The van der Waals surface area contributed by atoms with Gasteiger partial charge in [-0.15, -0.1) is 0 Å². The minimum Gasteiger partial charge on any atom is -0.493 e. The number of nitrogens with one attached hydrogen (secondary N) is 1. The highest BCUT2D eigenvalue weighted by Crippen LogP contribution is 2.42. The molecule has 1 aromatic heterocycles. The summed E-state index contributed by atoms with van der Waals surface area (Å²) in [6.07, 6.45) is 1.75. The van der Waals surface area contributed by atoms with E-state index in [1.807, 2.05) is 0 Å². The predicted octanol–water partition coefficient (Wildman–Crippen LogP) is 3.26. The average molecular weight is 285 g/mol. The topological polar surface area (TPSA) is 70.9 Å². The quantitative estimate of drug-likeness (QED) is 0.939. The monoisotopic (exact) mass is 285 g/mol. The molecule has 0 saturated carbocycles. The van der Waals surface area contributed by atoms with Gasteiger partial charge in [0, 0.05) is 28.3 Å². The van der Waals surface area contributed by atoms with Crippen LogP contribution in [0, 0.1) is 11.3 Å². The van der Waals surface area contributed by atoms with Crippen molar-refractivity contribution in [3.8, 4) is 28.7 Å². The Labute approximate surface area is 124 Å². The fourth-order valence-corrected chi connectivity index (χ4v) is 2.29. The van der Waals surface area contributed by atoms with Crippen LogP contribution >= 0.6 is 0 Å². The zero-order valence-electron chi connectivity index (χ0n) is 12.9. The molecule has 0 radical (unpaired) electrons. The van der Waals surface area contributed by atoms with Crippen molar-refractivity contribution in [1.29, 1.82) is 5.26 Å². The van der Waals surface area contributed by atoms with E-state index in [1.54, 1.807) is 32.5 Å². The van der Waals surface area contributed by atoms with Crippen molar-refractivity contribution in [1.82, 2.24) is 10.2 Å². The van der Waals surface area contributed by atoms with Gasteiger partial charge < -0.3 is 9.47 Å². The molecule has 1 heterocycles. The van der Waals surface area contributed by atoms with E-state index in [0.717, 1.165) is 16.8 Å². The molecule has 21 heavy (non-hydrogen) atoms. The SMILES string of the molecule is COc1cc(C#N)cc(-c2cn[nH]c2C(C)(C)C)c1OC. The van der Waals surface area contributed by atoms with Crippen molar-refractivity contribution in [3.05, 3.63) is 29.6 Å². The molecule has 0 saturated heterocycles. The van der Waals surface area contributed by atoms with Crippen LogP contribution in [0.15, 0.2) is 18.3 Å². The van der Waals surface area contributed by atoms with Gasteiger partial charge in [-0.2, -0.15) is 10.4 Å². The number of nitrogens with zero attached hydrogens (tertiary/aromatic N) is 2. The Hall–Kier alpha value is -2.48. The summed E-state index contributed by atoms with van der Waals surface area (Å²) in [7, 11) is 3.15. The number of nitriles is 1. The van der Waals surface area contributed by atoms with E-state index in [1.165, 1.54) is 0 Å². The Morgan fingerprint density at radius 2 is 1.86 bits per heavy atom. The largest absolute Gasteiger partial charge is 0.493 e. The van der Waals surface area contributed by atoms with Crippen LogP contribution in [0.3, 0.4) is 0 Å². The maximum Gasteiger partial charge on any atom is 0.168 e. The number of aromatic amines is 1. The second-order valence-electron chi connectivity index (χ2n) is 5.78. The number of aromatic nitrogens is 2. The second kappa shape index (κ2) is 5.49. The smallest absolute Gasteiger partial charge is 0.168 e. The first-order valence-electron chi connectivity index (χ1n) is 6.62. The maximum absolute atomic E-state index is 9.20. The normalized spacial score (nSPS) is 11.0. The third-order valence-corrected chi connectivity index (χ3v) is 3.29.